The molecule has 3 aromatic rings. The summed E-state index contributed by atoms with van der Waals surface area (Å²) < 4.78 is 30.9. The van der Waals surface area contributed by atoms with E-state index in [0.717, 1.165) is 0 Å². The van der Waals surface area contributed by atoms with Crippen LogP contribution in [0.5, 0.6) is 11.5 Å². The number of diazo groups is 1. The van der Waals surface area contributed by atoms with Gasteiger partial charge < -0.3 is 9.29 Å². The summed E-state index contributed by atoms with van der Waals surface area (Å²) in [4.78, 5) is 2.79. The Bertz CT molecular complexity index is 1110. The summed E-state index contributed by atoms with van der Waals surface area (Å²) >= 11 is 0. The number of nitrogens with zero attached hydrogens (tertiary/aromatic N) is 2. The van der Waals surface area contributed by atoms with Crippen molar-refractivity contribution in [3.8, 4) is 11.5 Å². The maximum Gasteiger partial charge on any atom is 0.378 e. The van der Waals surface area contributed by atoms with Crippen LogP contribution in [0.25, 0.3) is 15.7 Å². The maximum absolute atomic E-state index is 12.8. The van der Waals surface area contributed by atoms with Gasteiger partial charge in [-0.05, 0) is 48.2 Å². The van der Waals surface area contributed by atoms with E-state index in [0.29, 0.717) is 11.1 Å². The molecule has 0 saturated carbocycles. The molecule has 0 saturated heterocycles. The number of para-hydroxylation sites is 1. The molecule has 0 atom stereocenters. The lowest BCUT2D eigenvalue weighted by molar-refractivity contribution is -0.264. The zero-order valence-electron chi connectivity index (χ0n) is 13.6. The number of benzene rings is 3. The van der Waals surface area contributed by atoms with Crippen molar-refractivity contribution in [2.75, 3.05) is 0 Å². The lowest BCUT2D eigenvalue weighted by atomic mass is 10.1. The number of hydrogen-bond acceptors (Lipinski definition) is 5. The van der Waals surface area contributed by atoms with Crippen LogP contribution in [0.1, 0.15) is 11.1 Å². The second-order valence-electron chi connectivity index (χ2n) is 5.62. The predicted molar refractivity (Wildman–Crippen MR) is 91.9 cm³/mol. The fraction of sp³-hybridized carbons (Fsp3) is 0.111. The first-order chi connectivity index (χ1) is 11.8. The van der Waals surface area contributed by atoms with Gasteiger partial charge in [0.1, 0.15) is 10.6 Å². The third-order valence-electron chi connectivity index (χ3n) is 3.93. The molecule has 7 heteroatoms. The molecule has 0 aliphatic carbocycles. The fourth-order valence-electron chi connectivity index (χ4n) is 2.67. The number of fused-ring (bicyclic) bond motifs is 1. The summed E-state index contributed by atoms with van der Waals surface area (Å²) in [6, 6.07) is 12.3. The highest BCUT2D eigenvalue weighted by Gasteiger charge is 2.23. The monoisotopic (exact) mass is 354 g/mol. The van der Waals surface area contributed by atoms with Crippen LogP contribution in [0.15, 0.2) is 53.4 Å². The standard InChI is InChI=1S/C18H14N2O4S/c1-11-5-3-6-12(2)18(11)24-25(22,23)16-8-4-7-14-13(16)9-10-15(20-19)17(14)21/h3-10H,1-2H3. The third kappa shape index (κ3) is 2.88. The van der Waals surface area contributed by atoms with Crippen molar-refractivity contribution >= 4 is 26.6 Å². The van der Waals surface area contributed by atoms with Gasteiger partial charge in [0.25, 0.3) is 0 Å². The summed E-state index contributed by atoms with van der Waals surface area (Å²) in [5.74, 6) is -0.284. The molecule has 0 heterocycles. The second-order valence-corrected chi connectivity index (χ2v) is 7.14. The van der Waals surface area contributed by atoms with Gasteiger partial charge in [-0.2, -0.15) is 8.42 Å². The van der Waals surface area contributed by atoms with Crippen molar-refractivity contribution in [2.24, 2.45) is 0 Å². The van der Waals surface area contributed by atoms with Crippen molar-refractivity contribution < 1.29 is 17.7 Å². The molecule has 0 unspecified atom stereocenters. The van der Waals surface area contributed by atoms with E-state index in [4.69, 9.17) is 9.58 Å². The smallest absolute Gasteiger partial charge is 0.378 e. The van der Waals surface area contributed by atoms with Gasteiger partial charge in [0.2, 0.25) is 5.39 Å². The molecule has 0 amide bonds. The van der Waals surface area contributed by atoms with Crippen LogP contribution in [0.3, 0.4) is 0 Å². The molecule has 0 radical (unpaired) electrons. The van der Waals surface area contributed by atoms with Crippen LogP contribution in [0.4, 0.5) is 5.69 Å². The summed E-state index contributed by atoms with van der Waals surface area (Å²) in [5, 5.41) is 21.4. The molecular weight excluding hydrogens is 340 g/mol. The summed E-state index contributed by atoms with van der Waals surface area (Å²) in [5.41, 5.74) is 1.22. The predicted octanol–water partition coefficient (Wildman–Crippen LogP) is 3.78. The van der Waals surface area contributed by atoms with Gasteiger partial charge in [-0.3, -0.25) is 0 Å². The zero-order valence-corrected chi connectivity index (χ0v) is 14.4. The van der Waals surface area contributed by atoms with Crippen LogP contribution in [-0.4, -0.2) is 8.42 Å². The van der Waals surface area contributed by atoms with Crippen molar-refractivity contribution in [2.45, 2.75) is 18.7 Å². The molecule has 3 aromatic carbocycles. The summed E-state index contributed by atoms with van der Waals surface area (Å²) in [6.07, 6.45) is 0. The Hall–Kier alpha value is -3.11. The Balaban J connectivity index is 2.19. The minimum Gasteiger partial charge on any atom is -0.867 e. The fourth-order valence-corrected chi connectivity index (χ4v) is 3.94. The van der Waals surface area contributed by atoms with Crippen LogP contribution >= 0.6 is 0 Å². The minimum absolute atomic E-state index is 0.116. The van der Waals surface area contributed by atoms with Crippen molar-refractivity contribution in [3.05, 3.63) is 64.6 Å². The normalized spacial score (nSPS) is 11.2. The SMILES string of the molecule is Cc1cccc(C)c1OS(=O)(=O)c1cccc2c([O-])c([N+]#N)ccc12. The Labute approximate surface area is 145 Å². The Morgan fingerprint density at radius 3 is 2.24 bits per heavy atom. The van der Waals surface area contributed by atoms with Gasteiger partial charge in [-0.15, -0.1) is 0 Å². The quantitative estimate of drug-likeness (QED) is 0.527. The minimum atomic E-state index is -4.15. The highest BCUT2D eigenvalue weighted by atomic mass is 32.2. The molecule has 0 bridgehead atoms. The average molecular weight is 354 g/mol. The van der Waals surface area contributed by atoms with E-state index in [2.05, 4.69) is 4.98 Å². The lowest BCUT2D eigenvalue weighted by Crippen LogP contribution is -2.12. The van der Waals surface area contributed by atoms with Crippen molar-refractivity contribution in [3.63, 3.8) is 0 Å². The molecule has 3 rings (SSSR count). The highest BCUT2D eigenvalue weighted by Crippen LogP contribution is 2.36. The molecular formula is C18H14N2O4S. The molecule has 0 aromatic heterocycles. The van der Waals surface area contributed by atoms with E-state index >= 15 is 0 Å². The lowest BCUT2D eigenvalue weighted by Gasteiger charge is -2.14. The number of aryl methyl sites for hydroxylation is 2. The maximum atomic E-state index is 12.8. The van der Waals surface area contributed by atoms with Gasteiger partial charge in [-0.25, -0.2) is 0 Å². The molecule has 0 fully saturated rings. The first-order valence-electron chi connectivity index (χ1n) is 7.43. The van der Waals surface area contributed by atoms with E-state index in [1.54, 1.807) is 26.0 Å². The first kappa shape index (κ1) is 16.7. The third-order valence-corrected chi connectivity index (χ3v) is 5.21. The first-order valence-corrected chi connectivity index (χ1v) is 8.84. The van der Waals surface area contributed by atoms with E-state index in [-0.39, 0.29) is 27.1 Å². The van der Waals surface area contributed by atoms with Crippen molar-refractivity contribution in [1.82, 2.24) is 0 Å². The van der Waals surface area contributed by atoms with Gasteiger partial charge in [-0.1, -0.05) is 30.3 Å². The average Bonchev–Trinajstić information content (AvgIpc) is 2.58. The van der Waals surface area contributed by atoms with Gasteiger partial charge in [0.15, 0.2) is 4.98 Å². The van der Waals surface area contributed by atoms with Gasteiger partial charge in [0.05, 0.1) is 0 Å². The van der Waals surface area contributed by atoms with E-state index in [1.807, 2.05) is 6.07 Å². The van der Waals surface area contributed by atoms with E-state index in [1.165, 1.54) is 30.3 Å². The van der Waals surface area contributed by atoms with Crippen LogP contribution in [0, 0.1) is 19.2 Å². The number of hydrogen-bond donors (Lipinski definition) is 0. The molecule has 0 spiro atoms. The Kier molecular flexibility index (Phi) is 4.07. The molecule has 0 aliphatic heterocycles. The topological polar surface area (TPSA) is 94.6 Å². The summed E-state index contributed by atoms with van der Waals surface area (Å²) in [7, 11) is -4.15. The van der Waals surface area contributed by atoms with Crippen LogP contribution in [-0.2, 0) is 10.1 Å². The molecule has 25 heavy (non-hydrogen) atoms. The number of rotatable bonds is 3. The molecule has 6 nitrogen and oxygen atoms in total. The largest absolute Gasteiger partial charge is 0.867 e. The Morgan fingerprint density at radius 1 is 0.960 bits per heavy atom. The Morgan fingerprint density at radius 2 is 1.60 bits per heavy atom. The van der Waals surface area contributed by atoms with Crippen LogP contribution in [0.2, 0.25) is 0 Å². The van der Waals surface area contributed by atoms with E-state index < -0.39 is 15.9 Å². The molecule has 0 N–H and O–H groups in total. The molecule has 126 valence electrons. The molecule has 0 aliphatic rings. The second kappa shape index (κ2) is 6.07. The highest BCUT2D eigenvalue weighted by molar-refractivity contribution is 7.87. The van der Waals surface area contributed by atoms with E-state index in [9.17, 15) is 13.5 Å². The zero-order chi connectivity index (χ0) is 18.2. The van der Waals surface area contributed by atoms with Gasteiger partial charge in [0, 0.05) is 11.5 Å². The van der Waals surface area contributed by atoms with Gasteiger partial charge >= 0.3 is 15.8 Å². The van der Waals surface area contributed by atoms with Crippen LogP contribution < -0.4 is 9.29 Å². The summed E-state index contributed by atoms with van der Waals surface area (Å²) in [6.45, 7) is 3.51. The van der Waals surface area contributed by atoms with Crippen molar-refractivity contribution in [1.29, 1.82) is 5.39 Å².